The minimum atomic E-state index is -1.00. The first kappa shape index (κ1) is 14.9. The molecule has 0 aromatic heterocycles. The smallest absolute Gasteiger partial charge is 0.229 e. The van der Waals surface area contributed by atoms with E-state index in [9.17, 15) is 9.90 Å². The molecule has 0 radical (unpaired) electrons. The minimum Gasteiger partial charge on any atom is -0.387 e. The van der Waals surface area contributed by atoms with Crippen molar-refractivity contribution in [2.24, 2.45) is 5.41 Å². The van der Waals surface area contributed by atoms with Gasteiger partial charge < -0.3 is 10.4 Å². The molecule has 0 saturated heterocycles. The molecule has 6 heteroatoms. The van der Waals surface area contributed by atoms with E-state index in [1.807, 2.05) is 0 Å². The summed E-state index contributed by atoms with van der Waals surface area (Å²) < 4.78 is -1.00. The van der Waals surface area contributed by atoms with Crippen molar-refractivity contribution in [2.75, 3.05) is 6.54 Å². The molecule has 3 nitrogen and oxygen atoms in total. The zero-order valence-electron chi connectivity index (χ0n) is 10.3. The van der Waals surface area contributed by atoms with Crippen LogP contribution in [0, 0.1) is 5.41 Å². The molecule has 1 aliphatic rings. The van der Waals surface area contributed by atoms with Gasteiger partial charge in [0.1, 0.15) is 4.33 Å². The second kappa shape index (κ2) is 5.13. The van der Waals surface area contributed by atoms with Crippen LogP contribution in [0.3, 0.4) is 0 Å². The first-order chi connectivity index (χ1) is 8.76. The van der Waals surface area contributed by atoms with Crippen LogP contribution in [0.5, 0.6) is 0 Å². The predicted molar refractivity (Wildman–Crippen MR) is 76.6 cm³/mol. The van der Waals surface area contributed by atoms with Gasteiger partial charge in [-0.2, -0.15) is 0 Å². The summed E-state index contributed by atoms with van der Waals surface area (Å²) in [6, 6.07) is 6.87. The number of carbonyl (C=O) groups is 1. The molecule has 0 heterocycles. The largest absolute Gasteiger partial charge is 0.387 e. The molecule has 2 rings (SSSR count). The van der Waals surface area contributed by atoms with Gasteiger partial charge in [-0.3, -0.25) is 4.79 Å². The van der Waals surface area contributed by atoms with Gasteiger partial charge in [0.15, 0.2) is 0 Å². The topological polar surface area (TPSA) is 49.3 Å². The summed E-state index contributed by atoms with van der Waals surface area (Å²) in [5.41, 5.74) is -0.124. The summed E-state index contributed by atoms with van der Waals surface area (Å²) in [5.74, 6) is -0.251. The molecule has 1 saturated carbocycles. The second-order valence-corrected chi connectivity index (χ2v) is 6.91. The van der Waals surface area contributed by atoms with Gasteiger partial charge in [0.05, 0.1) is 11.5 Å². The summed E-state index contributed by atoms with van der Waals surface area (Å²) in [6.07, 6.45) is -0.396. The highest BCUT2D eigenvalue weighted by Gasteiger charge is 2.67. The maximum absolute atomic E-state index is 11.9. The molecule has 2 atom stereocenters. The SMILES string of the molecule is C[C@@]1(C(=O)NC[C@H](O)c2cccc(Cl)c2)CC1(Cl)Cl. The van der Waals surface area contributed by atoms with E-state index in [0.717, 1.165) is 0 Å². The third-order valence-electron chi connectivity index (χ3n) is 3.45. The number of carbonyl (C=O) groups excluding carboxylic acids is 1. The summed E-state index contributed by atoms with van der Waals surface area (Å²) in [4.78, 5) is 11.9. The Morgan fingerprint density at radius 3 is 2.68 bits per heavy atom. The number of rotatable bonds is 4. The van der Waals surface area contributed by atoms with Crippen LogP contribution in [0.4, 0.5) is 0 Å². The lowest BCUT2D eigenvalue weighted by Crippen LogP contribution is -2.36. The Kier molecular flexibility index (Phi) is 4.03. The molecule has 1 aromatic rings. The van der Waals surface area contributed by atoms with Gasteiger partial charge in [-0.25, -0.2) is 0 Å². The zero-order valence-corrected chi connectivity index (χ0v) is 12.6. The van der Waals surface area contributed by atoms with Crippen molar-refractivity contribution in [1.82, 2.24) is 5.32 Å². The molecule has 1 fully saturated rings. The van der Waals surface area contributed by atoms with Crippen molar-refractivity contribution in [3.05, 3.63) is 34.9 Å². The van der Waals surface area contributed by atoms with Crippen LogP contribution in [-0.2, 0) is 4.79 Å². The first-order valence-electron chi connectivity index (χ1n) is 5.86. The highest BCUT2D eigenvalue weighted by atomic mass is 35.5. The van der Waals surface area contributed by atoms with E-state index in [1.54, 1.807) is 31.2 Å². The molecule has 0 bridgehead atoms. The van der Waals surface area contributed by atoms with E-state index in [0.29, 0.717) is 17.0 Å². The number of hydrogen-bond acceptors (Lipinski definition) is 2. The first-order valence-corrected chi connectivity index (χ1v) is 6.99. The standard InChI is InChI=1S/C13H14Cl3NO2/c1-12(7-13(12,15)16)11(19)17-6-10(18)8-3-2-4-9(14)5-8/h2-5,10,18H,6-7H2,1H3,(H,17,19)/t10-,12-/m0/s1. The lowest BCUT2D eigenvalue weighted by molar-refractivity contribution is -0.126. The molecule has 0 unspecified atom stereocenters. The van der Waals surface area contributed by atoms with Crippen LogP contribution in [-0.4, -0.2) is 21.9 Å². The van der Waals surface area contributed by atoms with Crippen LogP contribution in [0.15, 0.2) is 24.3 Å². The highest BCUT2D eigenvalue weighted by molar-refractivity contribution is 6.53. The molecule has 104 valence electrons. The third kappa shape index (κ3) is 3.00. The number of amides is 1. The average Bonchev–Trinajstić information content (AvgIpc) is 2.86. The summed E-state index contributed by atoms with van der Waals surface area (Å²) >= 11 is 17.7. The number of benzene rings is 1. The van der Waals surface area contributed by atoms with Crippen molar-refractivity contribution in [1.29, 1.82) is 0 Å². The summed E-state index contributed by atoms with van der Waals surface area (Å²) in [7, 11) is 0. The van der Waals surface area contributed by atoms with Crippen molar-refractivity contribution >= 4 is 40.7 Å². The fourth-order valence-corrected chi connectivity index (χ4v) is 2.77. The van der Waals surface area contributed by atoms with Gasteiger partial charge in [-0.1, -0.05) is 23.7 Å². The second-order valence-electron chi connectivity index (χ2n) is 4.99. The zero-order chi connectivity index (χ0) is 14.3. The number of alkyl halides is 2. The Hall–Kier alpha value is -0.480. The van der Waals surface area contributed by atoms with E-state index < -0.39 is 15.9 Å². The van der Waals surface area contributed by atoms with Crippen molar-refractivity contribution in [3.8, 4) is 0 Å². The molecule has 19 heavy (non-hydrogen) atoms. The molecule has 0 aliphatic heterocycles. The van der Waals surface area contributed by atoms with Gasteiger partial charge in [-0.05, 0) is 31.0 Å². The van der Waals surface area contributed by atoms with Crippen LogP contribution in [0.2, 0.25) is 5.02 Å². The third-order valence-corrected chi connectivity index (χ3v) is 4.78. The quantitative estimate of drug-likeness (QED) is 0.837. The predicted octanol–water partition coefficient (Wildman–Crippen LogP) is 3.07. The lowest BCUT2D eigenvalue weighted by Gasteiger charge is -2.16. The van der Waals surface area contributed by atoms with Gasteiger partial charge in [0.2, 0.25) is 5.91 Å². The number of aliphatic hydroxyl groups is 1. The maximum Gasteiger partial charge on any atom is 0.229 e. The van der Waals surface area contributed by atoms with Crippen LogP contribution >= 0.6 is 34.8 Å². The van der Waals surface area contributed by atoms with E-state index in [4.69, 9.17) is 34.8 Å². The van der Waals surface area contributed by atoms with Crippen molar-refractivity contribution in [3.63, 3.8) is 0 Å². The summed E-state index contributed by atoms with van der Waals surface area (Å²) in [5, 5.41) is 13.2. The van der Waals surface area contributed by atoms with Gasteiger partial charge in [0, 0.05) is 11.6 Å². The van der Waals surface area contributed by atoms with Crippen LogP contribution in [0.1, 0.15) is 25.0 Å². The Bertz CT molecular complexity index is 506. The fraction of sp³-hybridized carbons (Fsp3) is 0.462. The Balaban J connectivity index is 1.91. The van der Waals surface area contributed by atoms with Crippen LogP contribution in [0.25, 0.3) is 0 Å². The Morgan fingerprint density at radius 1 is 1.53 bits per heavy atom. The molecular weight excluding hydrogens is 309 g/mol. The Labute approximate surface area is 126 Å². The summed E-state index contributed by atoms with van der Waals surface area (Å²) in [6.45, 7) is 1.80. The number of halogens is 3. The van der Waals surface area contributed by atoms with Gasteiger partial charge >= 0.3 is 0 Å². The van der Waals surface area contributed by atoms with Gasteiger partial charge in [-0.15, -0.1) is 23.2 Å². The molecule has 1 aromatic carbocycles. The lowest BCUT2D eigenvalue weighted by atomic mass is 10.1. The number of aliphatic hydroxyl groups excluding tert-OH is 1. The normalized spacial score (nSPS) is 25.7. The molecule has 1 amide bonds. The monoisotopic (exact) mass is 321 g/mol. The van der Waals surface area contributed by atoms with Crippen molar-refractivity contribution < 1.29 is 9.90 Å². The number of nitrogens with one attached hydrogen (secondary N) is 1. The fourth-order valence-electron chi connectivity index (χ4n) is 1.86. The highest BCUT2D eigenvalue weighted by Crippen LogP contribution is 2.63. The number of hydrogen-bond donors (Lipinski definition) is 2. The van der Waals surface area contributed by atoms with E-state index in [1.165, 1.54) is 0 Å². The molecule has 1 aliphatic carbocycles. The minimum absolute atomic E-state index is 0.0959. The maximum atomic E-state index is 11.9. The van der Waals surface area contributed by atoms with E-state index >= 15 is 0 Å². The van der Waals surface area contributed by atoms with Crippen LogP contribution < -0.4 is 5.32 Å². The average molecular weight is 323 g/mol. The van der Waals surface area contributed by atoms with Crippen molar-refractivity contribution in [2.45, 2.75) is 23.8 Å². The Morgan fingerprint density at radius 2 is 2.16 bits per heavy atom. The van der Waals surface area contributed by atoms with E-state index in [-0.39, 0.29) is 12.5 Å². The van der Waals surface area contributed by atoms with E-state index in [2.05, 4.69) is 5.32 Å². The molecule has 2 N–H and O–H groups in total. The molecule has 0 spiro atoms. The van der Waals surface area contributed by atoms with Gasteiger partial charge in [0.25, 0.3) is 0 Å². The molecular formula is C13H14Cl3NO2.